The number of imidazole rings is 1. The van der Waals surface area contributed by atoms with E-state index in [1.165, 1.54) is 57.8 Å². The van der Waals surface area contributed by atoms with Gasteiger partial charge in [-0.25, -0.2) is 14.5 Å². The Labute approximate surface area is 357 Å². The number of nitrogens with zero attached hydrogens (tertiary/aromatic N) is 5. The van der Waals surface area contributed by atoms with E-state index in [1.807, 2.05) is 114 Å². The van der Waals surface area contributed by atoms with Gasteiger partial charge in [-0.05, 0) is 104 Å². The molecule has 0 bridgehead atoms. The number of unbranched alkanes of at least 4 members (excludes halogenated alkanes) is 1. The Morgan fingerprint density at radius 2 is 1.00 bits per heavy atom. The van der Waals surface area contributed by atoms with Gasteiger partial charge >= 0.3 is 6.03 Å². The molecular weight excluding hydrogens is 763 g/mol. The predicted octanol–water partition coefficient (Wildman–Crippen LogP) is 11.4. The molecule has 0 saturated heterocycles. The van der Waals surface area contributed by atoms with Crippen molar-refractivity contribution in [1.29, 1.82) is 0 Å². The molecule has 4 aromatic carbocycles. The van der Waals surface area contributed by atoms with E-state index in [1.54, 1.807) is 11.0 Å². The molecule has 2 heterocycles. The van der Waals surface area contributed by atoms with Gasteiger partial charge < -0.3 is 25.8 Å². The first-order valence-corrected chi connectivity index (χ1v) is 22.0. The number of hydrogen-bond donors (Lipinski definition) is 4. The quantitative estimate of drug-likeness (QED) is 0.0674. The van der Waals surface area contributed by atoms with Crippen LogP contribution in [0.5, 0.6) is 0 Å². The minimum atomic E-state index is -0.363. The van der Waals surface area contributed by atoms with Crippen molar-refractivity contribution in [2.75, 3.05) is 21.3 Å². The molecule has 0 atom stereocenters. The summed E-state index contributed by atoms with van der Waals surface area (Å²) in [5, 5.41) is 20.5. The maximum absolute atomic E-state index is 12.9. The van der Waals surface area contributed by atoms with Gasteiger partial charge in [0.15, 0.2) is 0 Å². The van der Waals surface area contributed by atoms with Crippen LogP contribution in [-0.4, -0.2) is 42.4 Å². The van der Waals surface area contributed by atoms with Crippen molar-refractivity contribution in [2.45, 2.75) is 96.3 Å². The van der Waals surface area contributed by atoms with Crippen molar-refractivity contribution in [3.63, 3.8) is 0 Å². The van der Waals surface area contributed by atoms with Crippen LogP contribution in [0.3, 0.4) is 0 Å². The van der Waals surface area contributed by atoms with Gasteiger partial charge in [0.05, 0.1) is 23.9 Å². The monoisotopic (exact) mass is 817 g/mol. The summed E-state index contributed by atoms with van der Waals surface area (Å²) in [6, 6.07) is 29.9. The standard InChI is InChI=1S/C49H55N9O3/c59-47(14-6-5-12-35-8-1-2-9-35)51-39-24-28-43(29-25-39)57-32-45(50-34-57)37-16-20-41(21-17-37)53-49(61)54-42-22-18-38(19-23-42)46-33-58(56-55-46)44-30-26-40(27-31-44)52-48(60)15-7-13-36-10-3-4-11-36/h16-36H,1-15H2,(H,51,59)(H,52,60)(H2,53,54,61). The minimum Gasteiger partial charge on any atom is -0.326 e. The van der Waals surface area contributed by atoms with Crippen LogP contribution in [0.4, 0.5) is 27.5 Å². The second-order valence-electron chi connectivity index (χ2n) is 16.6. The van der Waals surface area contributed by atoms with Crippen LogP contribution in [0.25, 0.3) is 33.9 Å². The average molecular weight is 818 g/mol. The summed E-state index contributed by atoms with van der Waals surface area (Å²) in [5.41, 5.74) is 7.84. The Bertz CT molecular complexity index is 2360. The second-order valence-corrected chi connectivity index (χ2v) is 16.6. The largest absolute Gasteiger partial charge is 0.326 e. The highest BCUT2D eigenvalue weighted by Gasteiger charge is 2.16. The lowest BCUT2D eigenvalue weighted by Gasteiger charge is -2.09. The number of aromatic nitrogens is 5. The Balaban J connectivity index is 0.766. The molecule has 61 heavy (non-hydrogen) atoms. The molecule has 4 amide bonds. The van der Waals surface area contributed by atoms with Gasteiger partial charge in [0.25, 0.3) is 0 Å². The molecule has 2 aliphatic rings. The molecule has 0 aliphatic heterocycles. The van der Waals surface area contributed by atoms with Gasteiger partial charge in [0, 0.05) is 58.6 Å². The van der Waals surface area contributed by atoms with E-state index in [2.05, 4.69) is 36.6 Å². The van der Waals surface area contributed by atoms with Gasteiger partial charge in [0.1, 0.15) is 5.69 Å². The maximum atomic E-state index is 12.9. The molecule has 12 heteroatoms. The lowest BCUT2D eigenvalue weighted by Crippen LogP contribution is -2.19. The van der Waals surface area contributed by atoms with Crippen molar-refractivity contribution in [3.8, 4) is 33.9 Å². The molecular formula is C49H55N9O3. The first-order valence-electron chi connectivity index (χ1n) is 22.0. The van der Waals surface area contributed by atoms with Crippen molar-refractivity contribution in [3.05, 3.63) is 116 Å². The number of rotatable bonds is 17. The lowest BCUT2D eigenvalue weighted by molar-refractivity contribution is -0.117. The summed E-state index contributed by atoms with van der Waals surface area (Å²) < 4.78 is 3.64. The van der Waals surface area contributed by atoms with Crippen LogP contribution in [0.15, 0.2) is 116 Å². The Hall–Kier alpha value is -6.56. The number of anilines is 4. The van der Waals surface area contributed by atoms with Gasteiger partial charge in [-0.3, -0.25) is 9.59 Å². The predicted molar refractivity (Wildman–Crippen MR) is 242 cm³/mol. The molecule has 2 saturated carbocycles. The van der Waals surface area contributed by atoms with Gasteiger partial charge in [-0.1, -0.05) is 93.7 Å². The van der Waals surface area contributed by atoms with E-state index in [4.69, 9.17) is 0 Å². The number of hydrogen-bond acceptors (Lipinski definition) is 6. The Morgan fingerprint density at radius 3 is 1.57 bits per heavy atom. The highest BCUT2D eigenvalue weighted by Crippen LogP contribution is 2.30. The van der Waals surface area contributed by atoms with E-state index in [-0.39, 0.29) is 17.8 Å². The number of carbonyl (C=O) groups excluding carboxylic acids is 3. The molecule has 0 unspecified atom stereocenters. The Kier molecular flexibility index (Phi) is 13.6. The summed E-state index contributed by atoms with van der Waals surface area (Å²) in [6.07, 6.45) is 22.8. The number of benzene rings is 4. The smallest absolute Gasteiger partial charge is 0.323 e. The SMILES string of the molecule is O=C(CCCCC1CCCC1)Nc1ccc(-n2cnc(-c3ccc(NC(=O)Nc4ccc(-c5cn(-c6ccc(NC(=O)CCCC7CCCC7)cc6)nn5)cc4)cc3)c2)cc1. The van der Waals surface area contributed by atoms with E-state index < -0.39 is 0 Å². The fraction of sp³-hybridized carbons (Fsp3) is 0.347. The molecule has 4 N–H and O–H groups in total. The van der Waals surface area contributed by atoms with Gasteiger partial charge in [0.2, 0.25) is 11.8 Å². The average Bonchev–Trinajstić information content (AvgIpc) is 4.13. The molecule has 0 spiro atoms. The highest BCUT2D eigenvalue weighted by atomic mass is 16.2. The van der Waals surface area contributed by atoms with Gasteiger partial charge in [-0.15, -0.1) is 5.10 Å². The summed E-state index contributed by atoms with van der Waals surface area (Å²) in [6.45, 7) is 0. The zero-order chi connectivity index (χ0) is 41.8. The maximum Gasteiger partial charge on any atom is 0.323 e. The number of urea groups is 1. The molecule has 0 radical (unpaired) electrons. The normalized spacial score (nSPS) is 14.2. The van der Waals surface area contributed by atoms with Crippen molar-refractivity contribution < 1.29 is 14.4 Å². The topological polar surface area (TPSA) is 148 Å². The highest BCUT2D eigenvalue weighted by molar-refractivity contribution is 6.00. The molecule has 8 rings (SSSR count). The van der Waals surface area contributed by atoms with E-state index in [9.17, 15) is 14.4 Å². The van der Waals surface area contributed by atoms with Crippen molar-refractivity contribution in [2.24, 2.45) is 11.8 Å². The third-order valence-corrected chi connectivity index (χ3v) is 12.0. The van der Waals surface area contributed by atoms with E-state index in [0.29, 0.717) is 29.9 Å². The van der Waals surface area contributed by atoms with Crippen LogP contribution in [0.2, 0.25) is 0 Å². The summed E-state index contributed by atoms with van der Waals surface area (Å²) >= 11 is 0. The zero-order valence-electron chi connectivity index (χ0n) is 34.7. The Morgan fingerprint density at radius 1 is 0.525 bits per heavy atom. The summed E-state index contributed by atoms with van der Waals surface area (Å²) in [7, 11) is 0. The van der Waals surface area contributed by atoms with Crippen LogP contribution in [0, 0.1) is 11.8 Å². The van der Waals surface area contributed by atoms with Crippen LogP contribution >= 0.6 is 0 Å². The van der Waals surface area contributed by atoms with Crippen molar-refractivity contribution in [1.82, 2.24) is 24.5 Å². The zero-order valence-corrected chi connectivity index (χ0v) is 34.7. The van der Waals surface area contributed by atoms with Crippen molar-refractivity contribution >= 4 is 40.6 Å². The number of nitrogens with one attached hydrogen (secondary N) is 4. The molecule has 2 aromatic heterocycles. The molecule has 314 valence electrons. The lowest BCUT2D eigenvalue weighted by atomic mass is 10.00. The summed E-state index contributed by atoms with van der Waals surface area (Å²) in [4.78, 5) is 42.4. The second kappa shape index (κ2) is 20.1. The molecule has 2 fully saturated rings. The molecule has 2 aliphatic carbocycles. The number of carbonyl (C=O) groups is 3. The van der Waals surface area contributed by atoms with Gasteiger partial charge in [-0.2, -0.15) is 0 Å². The molecule has 12 nitrogen and oxygen atoms in total. The molecule has 6 aromatic rings. The fourth-order valence-electron chi connectivity index (χ4n) is 8.61. The fourth-order valence-corrected chi connectivity index (χ4v) is 8.61. The van der Waals surface area contributed by atoms with E-state index in [0.717, 1.165) is 77.1 Å². The van der Waals surface area contributed by atoms with Crippen LogP contribution < -0.4 is 21.3 Å². The van der Waals surface area contributed by atoms with Crippen LogP contribution in [-0.2, 0) is 9.59 Å². The first-order chi connectivity index (χ1) is 29.9. The minimum absolute atomic E-state index is 0.0527. The summed E-state index contributed by atoms with van der Waals surface area (Å²) in [5.74, 6) is 1.79. The number of amides is 4. The third kappa shape index (κ3) is 11.6. The van der Waals surface area contributed by atoms with Crippen LogP contribution in [0.1, 0.15) is 96.3 Å². The van der Waals surface area contributed by atoms with E-state index >= 15 is 0 Å². The third-order valence-electron chi connectivity index (χ3n) is 12.0. The first kappa shape index (κ1) is 41.2.